The zero-order chi connectivity index (χ0) is 14.8. The van der Waals surface area contributed by atoms with E-state index < -0.39 is 4.92 Å². The van der Waals surface area contributed by atoms with Gasteiger partial charge in [-0.05, 0) is 22.0 Å². The molecule has 0 bridgehead atoms. The molecule has 0 saturated carbocycles. The van der Waals surface area contributed by atoms with Crippen LogP contribution in [0.3, 0.4) is 0 Å². The predicted octanol–water partition coefficient (Wildman–Crippen LogP) is 2.67. The largest absolute Gasteiger partial charge is 0.432 e. The molecule has 3 aromatic heterocycles. The summed E-state index contributed by atoms with van der Waals surface area (Å²) in [4.78, 5) is 18.1. The number of nitrogens with one attached hydrogen (secondary N) is 1. The molecule has 106 valence electrons. The summed E-state index contributed by atoms with van der Waals surface area (Å²) >= 11 is 3.26. The van der Waals surface area contributed by atoms with Crippen LogP contribution < -0.4 is 5.32 Å². The Morgan fingerprint density at radius 1 is 1.38 bits per heavy atom. The topological polar surface area (TPSA) is 112 Å². The second-order valence-electron chi connectivity index (χ2n) is 3.86. The smallest absolute Gasteiger partial charge is 0.300 e. The first-order valence-corrected chi connectivity index (χ1v) is 6.46. The minimum Gasteiger partial charge on any atom is -0.432 e. The Hall–Kier alpha value is -2.75. The summed E-state index contributed by atoms with van der Waals surface area (Å²) in [5.41, 5.74) is -0.0906. The lowest BCUT2D eigenvalue weighted by Crippen LogP contribution is -2.04. The van der Waals surface area contributed by atoms with Crippen molar-refractivity contribution < 1.29 is 9.34 Å². The van der Waals surface area contributed by atoms with Crippen LogP contribution in [0.1, 0.15) is 0 Å². The Morgan fingerprint density at radius 3 is 2.86 bits per heavy atom. The molecule has 0 aliphatic carbocycles. The highest BCUT2D eigenvalue weighted by molar-refractivity contribution is 9.10. The molecule has 0 amide bonds. The molecule has 0 saturated heterocycles. The van der Waals surface area contributed by atoms with Gasteiger partial charge in [0.2, 0.25) is 0 Å². The number of pyridine rings is 1. The number of aromatic nitrogens is 4. The Labute approximate surface area is 125 Å². The van der Waals surface area contributed by atoms with Crippen molar-refractivity contribution in [3.63, 3.8) is 0 Å². The van der Waals surface area contributed by atoms with Gasteiger partial charge in [-0.2, -0.15) is 9.78 Å². The maximum Gasteiger partial charge on any atom is 0.300 e. The van der Waals surface area contributed by atoms with Crippen LogP contribution in [0, 0.1) is 10.1 Å². The van der Waals surface area contributed by atoms with E-state index in [1.54, 1.807) is 6.07 Å². The van der Waals surface area contributed by atoms with E-state index >= 15 is 0 Å². The molecule has 21 heavy (non-hydrogen) atoms. The molecule has 0 spiro atoms. The molecule has 0 unspecified atom stereocenters. The van der Waals surface area contributed by atoms with Crippen molar-refractivity contribution in [2.45, 2.75) is 0 Å². The Bertz CT molecular complexity index is 768. The number of nitrogens with zero attached hydrogens (tertiary/aromatic N) is 5. The fraction of sp³-hybridized carbons (Fsp3) is 0. The summed E-state index contributed by atoms with van der Waals surface area (Å²) in [7, 11) is 0. The lowest BCUT2D eigenvalue weighted by Gasteiger charge is -2.05. The van der Waals surface area contributed by atoms with Crippen LogP contribution in [0.2, 0.25) is 0 Å². The van der Waals surface area contributed by atoms with Gasteiger partial charge in [0.25, 0.3) is 11.7 Å². The van der Waals surface area contributed by atoms with E-state index in [0.29, 0.717) is 22.3 Å². The first-order chi connectivity index (χ1) is 10.1. The monoisotopic (exact) mass is 350 g/mol. The van der Waals surface area contributed by atoms with Crippen molar-refractivity contribution in [1.82, 2.24) is 19.7 Å². The standard InChI is InChI=1S/C11H7BrN6O3/c12-8-5-10(15-11-13-3-4-21-11)17(16-8)9-2-1-7(6-14-9)18(19)20/h1-6H,(H,13,15). The van der Waals surface area contributed by atoms with Crippen molar-refractivity contribution in [2.24, 2.45) is 0 Å². The van der Waals surface area contributed by atoms with Gasteiger partial charge < -0.3 is 4.42 Å². The molecule has 0 aromatic carbocycles. The maximum absolute atomic E-state index is 10.6. The highest BCUT2D eigenvalue weighted by Gasteiger charge is 2.13. The molecular weight excluding hydrogens is 344 g/mol. The van der Waals surface area contributed by atoms with Crippen LogP contribution in [0.25, 0.3) is 5.82 Å². The van der Waals surface area contributed by atoms with E-state index in [0.717, 1.165) is 0 Å². The molecule has 9 nitrogen and oxygen atoms in total. The van der Waals surface area contributed by atoms with Gasteiger partial charge in [0.1, 0.15) is 22.9 Å². The van der Waals surface area contributed by atoms with Gasteiger partial charge in [-0.25, -0.2) is 9.97 Å². The van der Waals surface area contributed by atoms with Gasteiger partial charge in [0.05, 0.1) is 11.1 Å². The van der Waals surface area contributed by atoms with E-state index in [9.17, 15) is 10.1 Å². The lowest BCUT2D eigenvalue weighted by atomic mass is 10.4. The van der Waals surface area contributed by atoms with E-state index in [4.69, 9.17) is 4.42 Å². The van der Waals surface area contributed by atoms with Gasteiger partial charge >= 0.3 is 0 Å². The molecule has 0 fully saturated rings. The average Bonchev–Trinajstić information content (AvgIpc) is 3.09. The molecule has 3 rings (SSSR count). The van der Waals surface area contributed by atoms with Gasteiger partial charge in [-0.1, -0.05) is 0 Å². The zero-order valence-corrected chi connectivity index (χ0v) is 11.9. The summed E-state index contributed by atoms with van der Waals surface area (Å²) in [6, 6.07) is 4.85. The SMILES string of the molecule is O=[N+]([O-])c1ccc(-n2nc(Br)cc2Nc2ncco2)nc1. The molecule has 10 heteroatoms. The molecule has 3 heterocycles. The van der Waals surface area contributed by atoms with E-state index in [1.807, 2.05) is 0 Å². The van der Waals surface area contributed by atoms with Crippen molar-refractivity contribution in [1.29, 1.82) is 0 Å². The van der Waals surface area contributed by atoms with Crippen LogP contribution in [-0.4, -0.2) is 24.7 Å². The summed E-state index contributed by atoms with van der Waals surface area (Å²) in [6.45, 7) is 0. The first kappa shape index (κ1) is 13.2. The highest BCUT2D eigenvalue weighted by Crippen LogP contribution is 2.23. The van der Waals surface area contributed by atoms with Crippen molar-refractivity contribution in [3.8, 4) is 5.82 Å². The van der Waals surface area contributed by atoms with Crippen LogP contribution in [0.4, 0.5) is 17.5 Å². The second kappa shape index (κ2) is 5.32. The van der Waals surface area contributed by atoms with Gasteiger partial charge in [0.15, 0.2) is 5.82 Å². The third kappa shape index (κ3) is 2.74. The Morgan fingerprint density at radius 2 is 2.24 bits per heavy atom. The van der Waals surface area contributed by atoms with Crippen LogP contribution in [0.15, 0.2) is 45.9 Å². The average molecular weight is 351 g/mol. The first-order valence-electron chi connectivity index (χ1n) is 5.66. The van der Waals surface area contributed by atoms with Crippen molar-refractivity contribution in [2.75, 3.05) is 5.32 Å². The van der Waals surface area contributed by atoms with E-state index in [1.165, 1.54) is 35.5 Å². The summed E-state index contributed by atoms with van der Waals surface area (Å²) in [5, 5.41) is 17.8. The zero-order valence-electron chi connectivity index (χ0n) is 10.3. The molecule has 0 aliphatic heterocycles. The fourth-order valence-electron chi connectivity index (χ4n) is 1.62. The second-order valence-corrected chi connectivity index (χ2v) is 4.67. The molecule has 1 N–H and O–H groups in total. The van der Waals surface area contributed by atoms with Crippen LogP contribution in [-0.2, 0) is 0 Å². The normalized spacial score (nSPS) is 10.5. The van der Waals surface area contributed by atoms with Crippen molar-refractivity contribution >= 4 is 33.4 Å². The molecule has 0 atom stereocenters. The highest BCUT2D eigenvalue weighted by atomic mass is 79.9. The number of rotatable bonds is 4. The summed E-state index contributed by atoms with van der Waals surface area (Å²) in [6.07, 6.45) is 4.10. The van der Waals surface area contributed by atoms with Crippen LogP contribution >= 0.6 is 15.9 Å². The third-order valence-electron chi connectivity index (χ3n) is 2.51. The quantitative estimate of drug-likeness (QED) is 0.568. The van der Waals surface area contributed by atoms with Gasteiger partial charge in [-0.15, -0.1) is 0 Å². The van der Waals surface area contributed by atoms with Gasteiger partial charge in [0, 0.05) is 12.1 Å². The third-order valence-corrected chi connectivity index (χ3v) is 2.89. The summed E-state index contributed by atoms with van der Waals surface area (Å²) < 4.78 is 7.14. The van der Waals surface area contributed by atoms with Gasteiger partial charge in [-0.3, -0.25) is 15.4 Å². The minimum atomic E-state index is -0.512. The Kier molecular flexibility index (Phi) is 3.36. The summed E-state index contributed by atoms with van der Waals surface area (Å²) in [5.74, 6) is 0.964. The number of nitro groups is 1. The van der Waals surface area contributed by atoms with Crippen LogP contribution in [0.5, 0.6) is 0 Å². The molecule has 3 aromatic rings. The molecule has 0 radical (unpaired) electrons. The fourth-order valence-corrected chi connectivity index (χ4v) is 2.00. The maximum atomic E-state index is 10.6. The molecular formula is C11H7BrN6O3. The van der Waals surface area contributed by atoms with E-state index in [2.05, 4.69) is 36.3 Å². The minimum absolute atomic E-state index is 0.0906. The number of oxazole rings is 1. The number of halogens is 1. The van der Waals surface area contributed by atoms with Crippen molar-refractivity contribution in [3.05, 3.63) is 51.6 Å². The Balaban J connectivity index is 1.96. The van der Waals surface area contributed by atoms with E-state index in [-0.39, 0.29) is 5.69 Å². The predicted molar refractivity (Wildman–Crippen MR) is 75.5 cm³/mol. The molecule has 0 aliphatic rings. The number of hydrogen-bond acceptors (Lipinski definition) is 7. The lowest BCUT2D eigenvalue weighted by molar-refractivity contribution is -0.385. The number of hydrogen-bond donors (Lipinski definition) is 1. The number of anilines is 2.